The Hall–Kier alpha value is 0.539. The maximum atomic E-state index is 2.49. The number of hydrogen-bond acceptors (Lipinski definition) is 0. The van der Waals surface area contributed by atoms with E-state index < -0.39 is 18.4 Å². The van der Waals surface area contributed by atoms with E-state index in [0.717, 1.165) is 0 Å². The van der Waals surface area contributed by atoms with Crippen molar-refractivity contribution in [2.75, 3.05) is 0 Å². The molecule has 0 aliphatic rings. The first-order valence-electron chi connectivity index (χ1n) is 4.06. The molecule has 1 heteroatoms. The van der Waals surface area contributed by atoms with Crippen LogP contribution in [0, 0.1) is 0 Å². The van der Waals surface area contributed by atoms with Gasteiger partial charge in [0.15, 0.2) is 0 Å². The van der Waals surface area contributed by atoms with Crippen LogP contribution in [0.25, 0.3) is 0 Å². The Morgan fingerprint density at radius 3 is 1.50 bits per heavy atom. The van der Waals surface area contributed by atoms with E-state index in [9.17, 15) is 0 Å². The summed E-state index contributed by atoms with van der Waals surface area (Å²) >= 11 is -1.66. The molecule has 10 heavy (non-hydrogen) atoms. The quantitative estimate of drug-likeness (QED) is 0.654. The Morgan fingerprint density at radius 1 is 1.10 bits per heavy atom. The van der Waals surface area contributed by atoms with Crippen molar-refractivity contribution in [2.24, 2.45) is 0 Å². The van der Waals surface area contributed by atoms with Crippen LogP contribution in [0.3, 0.4) is 0 Å². The molecular weight excluding hydrogens is 227 g/mol. The number of rotatable bonds is 2. The molecule has 0 unspecified atom stereocenters. The topological polar surface area (TPSA) is 0 Å². The molecule has 0 spiro atoms. The zero-order valence-corrected chi connectivity index (χ0v) is 11.1. The Labute approximate surface area is 69.6 Å². The van der Waals surface area contributed by atoms with Crippen molar-refractivity contribution in [3.05, 3.63) is 9.16 Å². The maximum absolute atomic E-state index is 2.49. The molecule has 0 aliphatic carbocycles. The van der Waals surface area contributed by atoms with Gasteiger partial charge in [-0.3, -0.25) is 0 Å². The molecule has 0 saturated carbocycles. The average molecular weight is 247 g/mol. The summed E-state index contributed by atoms with van der Waals surface area (Å²) in [6.07, 6.45) is 1.28. The summed E-state index contributed by atoms with van der Waals surface area (Å²) in [5, 5.41) is 0. The van der Waals surface area contributed by atoms with Crippen LogP contribution in [0.4, 0.5) is 0 Å². The van der Waals surface area contributed by atoms with Crippen LogP contribution in [-0.4, -0.2) is 18.4 Å². The summed E-state index contributed by atoms with van der Waals surface area (Å²) in [5.41, 5.74) is 1.57. The minimum atomic E-state index is -1.66. The van der Waals surface area contributed by atoms with Gasteiger partial charge in [0.05, 0.1) is 0 Å². The zero-order valence-electron chi connectivity index (χ0n) is 8.21. The first kappa shape index (κ1) is 10.5. The Bertz CT molecular complexity index is 133. The molecule has 0 N–H and O–H groups in total. The van der Waals surface area contributed by atoms with Crippen molar-refractivity contribution < 1.29 is 0 Å². The molecule has 0 radical (unpaired) electrons. The van der Waals surface area contributed by atoms with E-state index in [1.807, 2.05) is 0 Å². The third-order valence-electron chi connectivity index (χ3n) is 1.86. The third kappa shape index (κ3) is 3.09. The van der Waals surface area contributed by atoms with Crippen molar-refractivity contribution in [3.8, 4) is 0 Å². The first-order valence-corrected chi connectivity index (χ1v) is 14.1. The van der Waals surface area contributed by atoms with Gasteiger partial charge in [-0.15, -0.1) is 0 Å². The SMILES string of the molecule is CC[C](=C(C)C)[Sn]([CH3])([CH3])[CH3]. The fraction of sp³-hybridized carbons (Fsp3) is 0.778. The molecule has 0 aromatic rings. The number of hydrogen-bond donors (Lipinski definition) is 0. The van der Waals surface area contributed by atoms with E-state index in [1.165, 1.54) is 6.42 Å². The summed E-state index contributed by atoms with van der Waals surface area (Å²) in [6.45, 7) is 6.78. The van der Waals surface area contributed by atoms with Crippen molar-refractivity contribution in [3.63, 3.8) is 0 Å². The monoisotopic (exact) mass is 248 g/mol. The van der Waals surface area contributed by atoms with Gasteiger partial charge in [-0.2, -0.15) is 0 Å². The Morgan fingerprint density at radius 2 is 1.50 bits per heavy atom. The fourth-order valence-corrected chi connectivity index (χ4v) is 8.94. The predicted octanol–water partition coefficient (Wildman–Crippen LogP) is 3.61. The van der Waals surface area contributed by atoms with Crippen LogP contribution in [0.1, 0.15) is 27.2 Å². The second-order valence-electron chi connectivity index (χ2n) is 4.08. The van der Waals surface area contributed by atoms with Gasteiger partial charge in [0.1, 0.15) is 0 Å². The van der Waals surface area contributed by atoms with Gasteiger partial charge in [-0.05, 0) is 0 Å². The van der Waals surface area contributed by atoms with Gasteiger partial charge in [0, 0.05) is 0 Å². The van der Waals surface area contributed by atoms with Crippen LogP contribution in [0.15, 0.2) is 9.16 Å². The first-order chi connectivity index (χ1) is 4.39. The fourth-order valence-electron chi connectivity index (χ4n) is 1.63. The van der Waals surface area contributed by atoms with E-state index in [4.69, 9.17) is 0 Å². The van der Waals surface area contributed by atoms with Crippen molar-refractivity contribution in [2.45, 2.75) is 42.0 Å². The van der Waals surface area contributed by atoms with Crippen LogP contribution in [0.5, 0.6) is 0 Å². The van der Waals surface area contributed by atoms with Gasteiger partial charge >= 0.3 is 69.6 Å². The molecule has 0 atom stereocenters. The molecule has 0 aliphatic heterocycles. The van der Waals surface area contributed by atoms with Crippen LogP contribution in [-0.2, 0) is 0 Å². The van der Waals surface area contributed by atoms with Crippen LogP contribution >= 0.6 is 0 Å². The number of allylic oxidation sites excluding steroid dienone is 2. The molecule has 0 rings (SSSR count). The minimum absolute atomic E-state index is 1.28. The van der Waals surface area contributed by atoms with Gasteiger partial charge in [0.2, 0.25) is 0 Å². The van der Waals surface area contributed by atoms with Crippen molar-refractivity contribution in [1.29, 1.82) is 0 Å². The summed E-state index contributed by atoms with van der Waals surface area (Å²) < 4.78 is 1.80. The summed E-state index contributed by atoms with van der Waals surface area (Å²) in [5.74, 6) is 0. The van der Waals surface area contributed by atoms with Crippen molar-refractivity contribution >= 4 is 18.4 Å². The van der Waals surface area contributed by atoms with Crippen LogP contribution in [0.2, 0.25) is 14.8 Å². The van der Waals surface area contributed by atoms with E-state index in [-0.39, 0.29) is 0 Å². The average Bonchev–Trinajstić information content (AvgIpc) is 1.60. The summed E-state index contributed by atoms with van der Waals surface area (Å²) in [4.78, 5) is 7.46. The van der Waals surface area contributed by atoms with Gasteiger partial charge in [-0.1, -0.05) is 0 Å². The summed E-state index contributed by atoms with van der Waals surface area (Å²) in [7, 11) is 0. The second-order valence-corrected chi connectivity index (χ2v) is 18.6. The predicted molar refractivity (Wildman–Crippen MR) is 52.0 cm³/mol. The summed E-state index contributed by atoms with van der Waals surface area (Å²) in [6, 6.07) is 0. The molecule has 0 saturated heterocycles. The molecule has 0 aromatic heterocycles. The molecule has 0 bridgehead atoms. The second kappa shape index (κ2) is 3.79. The van der Waals surface area contributed by atoms with Crippen LogP contribution < -0.4 is 0 Å². The van der Waals surface area contributed by atoms with E-state index >= 15 is 0 Å². The van der Waals surface area contributed by atoms with Gasteiger partial charge in [-0.25, -0.2) is 0 Å². The van der Waals surface area contributed by atoms with E-state index in [0.29, 0.717) is 0 Å². The zero-order chi connectivity index (χ0) is 8.36. The molecule has 60 valence electrons. The molecule has 0 amide bonds. The normalized spacial score (nSPS) is 11.4. The van der Waals surface area contributed by atoms with Gasteiger partial charge in [0.25, 0.3) is 0 Å². The molecule has 0 aromatic carbocycles. The Balaban J connectivity index is 4.55. The standard InChI is InChI=1S/C6H11.3CH3.Sn/c1-4-5-6(2)3;;;;/h4H2,1-3H3;3*1H3;. The third-order valence-corrected chi connectivity index (χ3v) is 9.47. The van der Waals surface area contributed by atoms with Gasteiger partial charge < -0.3 is 0 Å². The molecular formula is C9H20Sn. The molecule has 0 nitrogen and oxygen atoms in total. The van der Waals surface area contributed by atoms with E-state index in [2.05, 4.69) is 35.6 Å². The molecule has 0 heterocycles. The van der Waals surface area contributed by atoms with E-state index in [1.54, 1.807) is 9.16 Å². The molecule has 0 fully saturated rings. The van der Waals surface area contributed by atoms with Crippen molar-refractivity contribution in [1.82, 2.24) is 0 Å². The Kier molecular flexibility index (Phi) is 4.00.